The molecule has 1 aliphatic heterocycles. The Morgan fingerprint density at radius 3 is 2.44 bits per heavy atom. The molecule has 0 radical (unpaired) electrons. The number of benzene rings is 1. The summed E-state index contributed by atoms with van der Waals surface area (Å²) in [6, 6.07) is 9.77. The van der Waals surface area contributed by atoms with Crippen LogP contribution < -0.4 is 0 Å². The second kappa shape index (κ2) is 7.97. The van der Waals surface area contributed by atoms with Crippen LogP contribution in [0.2, 0.25) is 0 Å². The summed E-state index contributed by atoms with van der Waals surface area (Å²) in [5.41, 5.74) is 1.60. The third-order valence-electron chi connectivity index (χ3n) is 4.86. The first-order valence-electron chi connectivity index (χ1n) is 8.90. The van der Waals surface area contributed by atoms with E-state index >= 15 is 0 Å². The number of ether oxygens (including phenoxy) is 1. The maximum atomic E-state index is 13.1. The van der Waals surface area contributed by atoms with Crippen LogP contribution >= 0.6 is 0 Å². The van der Waals surface area contributed by atoms with Crippen LogP contribution in [0.1, 0.15) is 10.5 Å². The average Bonchev–Trinajstić information content (AvgIpc) is 3.04. The van der Waals surface area contributed by atoms with Crippen LogP contribution in [0, 0.1) is 0 Å². The molecule has 9 heteroatoms. The highest BCUT2D eigenvalue weighted by Crippen LogP contribution is 2.22. The molecule has 0 spiro atoms. The van der Waals surface area contributed by atoms with Crippen LogP contribution in [-0.2, 0) is 21.5 Å². The first-order valence-corrected chi connectivity index (χ1v) is 10.3. The highest BCUT2D eigenvalue weighted by molar-refractivity contribution is 7.86. The zero-order valence-corrected chi connectivity index (χ0v) is 16.8. The van der Waals surface area contributed by atoms with Crippen molar-refractivity contribution < 1.29 is 17.9 Å². The molecule has 1 amide bonds. The second-order valence-corrected chi connectivity index (χ2v) is 8.86. The lowest BCUT2D eigenvalue weighted by molar-refractivity contribution is 0.0682. The van der Waals surface area contributed by atoms with Crippen molar-refractivity contribution in [2.24, 2.45) is 0 Å². The van der Waals surface area contributed by atoms with Gasteiger partial charge in [-0.1, -0.05) is 18.2 Å². The normalized spacial score (nSPS) is 16.4. The number of carbonyl (C=O) groups excluding carboxylic acids is 1. The Kier molecular flexibility index (Phi) is 5.85. The number of rotatable bonds is 6. The minimum atomic E-state index is -3.45. The van der Waals surface area contributed by atoms with Gasteiger partial charge in [-0.25, -0.2) is 0 Å². The van der Waals surface area contributed by atoms with E-state index in [4.69, 9.17) is 4.74 Å². The number of para-hydroxylation sites is 1. The zero-order chi connectivity index (χ0) is 19.6. The molecule has 0 saturated carbocycles. The minimum Gasteiger partial charge on any atom is -0.383 e. The van der Waals surface area contributed by atoms with Crippen molar-refractivity contribution in [2.75, 3.05) is 54.0 Å². The Balaban J connectivity index is 1.81. The quantitative estimate of drug-likeness (QED) is 0.728. The summed E-state index contributed by atoms with van der Waals surface area (Å²) in [5, 5.41) is 1.01. The van der Waals surface area contributed by atoms with E-state index in [0.29, 0.717) is 45.0 Å². The standard InChI is InChI=1S/C18H26N4O4S/c1-19(2)27(24,25)21-10-8-20(9-11-21)18(23)17-14-15-6-4-5-7-16(15)22(17)12-13-26-3/h4-7,14H,8-13H2,1-3H3. The van der Waals surface area contributed by atoms with Crippen LogP contribution in [-0.4, -0.2) is 86.4 Å². The summed E-state index contributed by atoms with van der Waals surface area (Å²) >= 11 is 0. The van der Waals surface area contributed by atoms with Gasteiger partial charge in [0.15, 0.2) is 0 Å². The van der Waals surface area contributed by atoms with Gasteiger partial charge in [0.2, 0.25) is 0 Å². The monoisotopic (exact) mass is 394 g/mol. The first kappa shape index (κ1) is 19.8. The SMILES string of the molecule is COCCn1c(C(=O)N2CCN(S(=O)(=O)N(C)C)CC2)cc2ccccc21. The van der Waals surface area contributed by atoms with Crippen molar-refractivity contribution >= 4 is 27.0 Å². The largest absolute Gasteiger partial charge is 0.383 e. The lowest BCUT2D eigenvalue weighted by Crippen LogP contribution is -2.53. The topological polar surface area (TPSA) is 75.1 Å². The number of hydrogen-bond acceptors (Lipinski definition) is 4. The number of methoxy groups -OCH3 is 1. The van der Waals surface area contributed by atoms with E-state index in [9.17, 15) is 13.2 Å². The molecule has 148 valence electrons. The lowest BCUT2D eigenvalue weighted by Gasteiger charge is -2.35. The number of piperazine rings is 1. The molecule has 1 aromatic heterocycles. The number of nitrogens with zero attached hydrogens (tertiary/aromatic N) is 4. The molecule has 1 aliphatic rings. The van der Waals surface area contributed by atoms with Crippen molar-refractivity contribution in [2.45, 2.75) is 6.54 Å². The van der Waals surface area contributed by atoms with E-state index in [0.717, 1.165) is 10.9 Å². The summed E-state index contributed by atoms with van der Waals surface area (Å²) in [5.74, 6) is -0.0794. The number of carbonyl (C=O) groups is 1. The molecule has 1 saturated heterocycles. The Morgan fingerprint density at radius 1 is 1.15 bits per heavy atom. The molecule has 0 N–H and O–H groups in total. The third-order valence-corrected chi connectivity index (χ3v) is 6.80. The van der Waals surface area contributed by atoms with Gasteiger partial charge in [-0.2, -0.15) is 17.0 Å². The number of aromatic nitrogens is 1. The van der Waals surface area contributed by atoms with Crippen LogP contribution in [0.15, 0.2) is 30.3 Å². The fourth-order valence-electron chi connectivity index (χ4n) is 3.33. The Labute approximate surface area is 160 Å². The maximum absolute atomic E-state index is 13.1. The Hall–Kier alpha value is -1.94. The van der Waals surface area contributed by atoms with Gasteiger partial charge in [0.1, 0.15) is 5.69 Å². The summed E-state index contributed by atoms with van der Waals surface area (Å²) in [7, 11) is 1.22. The molecule has 0 unspecified atom stereocenters. The van der Waals surface area contributed by atoms with Crippen molar-refractivity contribution in [3.05, 3.63) is 36.0 Å². The van der Waals surface area contributed by atoms with Crippen LogP contribution in [0.3, 0.4) is 0 Å². The molecule has 0 aliphatic carbocycles. The Bertz CT molecular complexity index is 915. The van der Waals surface area contributed by atoms with Crippen molar-refractivity contribution in [3.8, 4) is 0 Å². The van der Waals surface area contributed by atoms with Crippen molar-refractivity contribution in [3.63, 3.8) is 0 Å². The van der Waals surface area contributed by atoms with Gasteiger partial charge in [-0.15, -0.1) is 0 Å². The number of fused-ring (bicyclic) bond motifs is 1. The molecule has 27 heavy (non-hydrogen) atoms. The predicted octanol–water partition coefficient (Wildman–Crippen LogP) is 0.852. The molecule has 2 aromatic rings. The van der Waals surface area contributed by atoms with Crippen LogP contribution in [0.5, 0.6) is 0 Å². The van der Waals surface area contributed by atoms with E-state index in [-0.39, 0.29) is 5.91 Å². The van der Waals surface area contributed by atoms with Gasteiger partial charge in [0.25, 0.3) is 16.1 Å². The fourth-order valence-corrected chi connectivity index (χ4v) is 4.41. The van der Waals surface area contributed by atoms with E-state index in [1.165, 1.54) is 22.7 Å². The predicted molar refractivity (Wildman–Crippen MR) is 104 cm³/mol. The smallest absolute Gasteiger partial charge is 0.281 e. The average molecular weight is 394 g/mol. The van der Waals surface area contributed by atoms with Gasteiger partial charge in [0.05, 0.1) is 6.61 Å². The lowest BCUT2D eigenvalue weighted by atomic mass is 10.2. The number of amides is 1. The Morgan fingerprint density at radius 2 is 1.81 bits per heavy atom. The van der Waals surface area contributed by atoms with E-state index in [1.807, 2.05) is 34.9 Å². The fraction of sp³-hybridized carbons (Fsp3) is 0.500. The van der Waals surface area contributed by atoms with E-state index in [2.05, 4.69) is 0 Å². The highest BCUT2D eigenvalue weighted by atomic mass is 32.2. The van der Waals surface area contributed by atoms with Crippen molar-refractivity contribution in [1.82, 2.24) is 18.1 Å². The zero-order valence-electron chi connectivity index (χ0n) is 16.0. The molecule has 3 rings (SSSR count). The van der Waals surface area contributed by atoms with Gasteiger partial charge in [-0.3, -0.25) is 4.79 Å². The maximum Gasteiger partial charge on any atom is 0.281 e. The van der Waals surface area contributed by atoms with Crippen LogP contribution in [0.25, 0.3) is 10.9 Å². The molecular formula is C18H26N4O4S. The summed E-state index contributed by atoms with van der Waals surface area (Å²) in [4.78, 5) is 14.9. The molecule has 1 aromatic carbocycles. The molecule has 8 nitrogen and oxygen atoms in total. The van der Waals surface area contributed by atoms with Crippen molar-refractivity contribution in [1.29, 1.82) is 0 Å². The third kappa shape index (κ3) is 3.86. The van der Waals surface area contributed by atoms with Gasteiger partial charge < -0.3 is 14.2 Å². The first-order chi connectivity index (χ1) is 12.9. The highest BCUT2D eigenvalue weighted by Gasteiger charge is 2.31. The molecule has 0 atom stereocenters. The summed E-state index contributed by atoms with van der Waals surface area (Å²) in [6.45, 7) is 2.43. The van der Waals surface area contributed by atoms with E-state index in [1.54, 1.807) is 12.0 Å². The molecular weight excluding hydrogens is 368 g/mol. The minimum absolute atomic E-state index is 0.0794. The van der Waals surface area contributed by atoms with Crippen LogP contribution in [0.4, 0.5) is 0 Å². The van der Waals surface area contributed by atoms with Gasteiger partial charge in [-0.05, 0) is 12.1 Å². The summed E-state index contributed by atoms with van der Waals surface area (Å²) in [6.07, 6.45) is 0. The molecule has 2 heterocycles. The van der Waals surface area contributed by atoms with Gasteiger partial charge >= 0.3 is 0 Å². The second-order valence-electron chi connectivity index (χ2n) is 6.71. The summed E-state index contributed by atoms with van der Waals surface area (Å²) < 4.78 is 34.3. The molecule has 0 bridgehead atoms. The van der Waals surface area contributed by atoms with Gasteiger partial charge in [0, 0.05) is 64.8 Å². The van der Waals surface area contributed by atoms with E-state index < -0.39 is 10.2 Å². The number of hydrogen-bond donors (Lipinski definition) is 0. The molecule has 1 fully saturated rings.